The number of nitrogens with zero attached hydrogens (tertiary/aromatic N) is 2. The van der Waals surface area contributed by atoms with Crippen LogP contribution < -0.4 is 10.2 Å². The number of hydrogen-bond acceptors (Lipinski definition) is 4. The Labute approximate surface area is 164 Å². The summed E-state index contributed by atoms with van der Waals surface area (Å²) in [4.78, 5) is 32.4. The van der Waals surface area contributed by atoms with E-state index in [1.165, 1.54) is 5.69 Å². The third kappa shape index (κ3) is 3.92. The molecule has 6 nitrogen and oxygen atoms in total. The summed E-state index contributed by atoms with van der Waals surface area (Å²) in [6.07, 6.45) is 1.61. The molecule has 0 bridgehead atoms. The van der Waals surface area contributed by atoms with Gasteiger partial charge in [-0.1, -0.05) is 36.4 Å². The van der Waals surface area contributed by atoms with Crippen LogP contribution in [-0.4, -0.2) is 60.8 Å². The molecule has 1 fully saturated rings. The fourth-order valence-electron chi connectivity index (χ4n) is 3.66. The van der Waals surface area contributed by atoms with Crippen LogP contribution in [0.1, 0.15) is 10.4 Å². The Morgan fingerprint density at radius 3 is 2.43 bits per heavy atom. The number of ketones is 1. The highest BCUT2D eigenvalue weighted by molar-refractivity contribution is 6.44. The number of H-pyrrole nitrogens is 1. The maximum atomic E-state index is 12.4. The zero-order valence-electron chi connectivity index (χ0n) is 15.7. The molecule has 0 unspecified atom stereocenters. The minimum atomic E-state index is -0.548. The van der Waals surface area contributed by atoms with Crippen molar-refractivity contribution < 1.29 is 9.59 Å². The van der Waals surface area contributed by atoms with E-state index in [0.29, 0.717) is 12.1 Å². The van der Waals surface area contributed by atoms with E-state index < -0.39 is 11.7 Å². The smallest absolute Gasteiger partial charge is 0.292 e. The summed E-state index contributed by atoms with van der Waals surface area (Å²) in [6.45, 7) is 5.04. The number of anilines is 1. The van der Waals surface area contributed by atoms with Gasteiger partial charge in [-0.15, -0.1) is 0 Å². The molecule has 0 radical (unpaired) electrons. The van der Waals surface area contributed by atoms with Gasteiger partial charge in [0.05, 0.1) is 5.56 Å². The minimum Gasteiger partial charge on any atom is -0.369 e. The van der Waals surface area contributed by atoms with Crippen molar-refractivity contribution in [2.75, 3.05) is 44.2 Å². The SMILES string of the molecule is O=C(NCCN1CCN(c2ccccc2)CC1)C(=O)c1c[nH]c2ccccc12. The number of aromatic amines is 1. The number of rotatable bonds is 6. The summed E-state index contributed by atoms with van der Waals surface area (Å²) >= 11 is 0. The largest absolute Gasteiger partial charge is 0.369 e. The van der Waals surface area contributed by atoms with E-state index in [9.17, 15) is 9.59 Å². The highest BCUT2D eigenvalue weighted by Crippen LogP contribution is 2.18. The first kappa shape index (κ1) is 18.3. The first-order chi connectivity index (χ1) is 13.7. The lowest BCUT2D eigenvalue weighted by atomic mass is 10.1. The number of amides is 1. The predicted molar refractivity (Wildman–Crippen MR) is 111 cm³/mol. The second-order valence-corrected chi connectivity index (χ2v) is 7.00. The van der Waals surface area contributed by atoms with Gasteiger partial charge in [0.1, 0.15) is 0 Å². The molecule has 1 aromatic heterocycles. The van der Waals surface area contributed by atoms with E-state index in [-0.39, 0.29) is 0 Å². The molecule has 1 saturated heterocycles. The van der Waals surface area contributed by atoms with Crippen molar-refractivity contribution >= 4 is 28.3 Å². The number of nitrogens with one attached hydrogen (secondary N) is 2. The molecule has 0 saturated carbocycles. The van der Waals surface area contributed by atoms with Crippen LogP contribution in [-0.2, 0) is 4.79 Å². The van der Waals surface area contributed by atoms with Crippen molar-refractivity contribution in [2.24, 2.45) is 0 Å². The van der Waals surface area contributed by atoms with Crippen LogP contribution in [0.15, 0.2) is 60.8 Å². The fourth-order valence-corrected chi connectivity index (χ4v) is 3.66. The molecule has 3 aromatic rings. The fraction of sp³-hybridized carbons (Fsp3) is 0.273. The summed E-state index contributed by atoms with van der Waals surface area (Å²) in [6, 6.07) is 17.9. The van der Waals surface area contributed by atoms with E-state index >= 15 is 0 Å². The number of carbonyl (C=O) groups excluding carboxylic acids is 2. The van der Waals surface area contributed by atoms with Crippen LogP contribution in [0.4, 0.5) is 5.69 Å². The molecule has 2 aromatic carbocycles. The highest BCUT2D eigenvalue weighted by atomic mass is 16.2. The quantitative estimate of drug-likeness (QED) is 0.512. The summed E-state index contributed by atoms with van der Waals surface area (Å²) < 4.78 is 0. The van der Waals surface area contributed by atoms with Crippen molar-refractivity contribution in [3.63, 3.8) is 0 Å². The zero-order valence-corrected chi connectivity index (χ0v) is 15.7. The maximum Gasteiger partial charge on any atom is 0.292 e. The molecule has 144 valence electrons. The van der Waals surface area contributed by atoms with Gasteiger partial charge in [-0.05, 0) is 18.2 Å². The first-order valence-electron chi connectivity index (χ1n) is 9.63. The number of Topliss-reactive ketones (excluding diaryl/α,β-unsaturated/α-hetero) is 1. The molecule has 4 rings (SSSR count). The van der Waals surface area contributed by atoms with Crippen LogP contribution in [0, 0.1) is 0 Å². The van der Waals surface area contributed by atoms with Gasteiger partial charge in [-0.3, -0.25) is 14.5 Å². The van der Waals surface area contributed by atoms with Crippen LogP contribution in [0.5, 0.6) is 0 Å². The van der Waals surface area contributed by atoms with Gasteiger partial charge in [0, 0.05) is 62.1 Å². The number of hydrogen-bond donors (Lipinski definition) is 2. The molecule has 0 aliphatic carbocycles. The Hall–Kier alpha value is -3.12. The lowest BCUT2D eigenvalue weighted by molar-refractivity contribution is -0.117. The number of carbonyl (C=O) groups is 2. The third-order valence-corrected chi connectivity index (χ3v) is 5.25. The number of aromatic nitrogens is 1. The molecule has 1 aliphatic heterocycles. The van der Waals surface area contributed by atoms with Crippen molar-refractivity contribution in [3.05, 3.63) is 66.4 Å². The van der Waals surface area contributed by atoms with E-state index in [2.05, 4.69) is 44.4 Å². The summed E-state index contributed by atoms with van der Waals surface area (Å²) in [5.74, 6) is -1.04. The molecule has 0 spiro atoms. The van der Waals surface area contributed by atoms with Gasteiger partial charge < -0.3 is 15.2 Å². The van der Waals surface area contributed by atoms with Gasteiger partial charge in [0.2, 0.25) is 0 Å². The van der Waals surface area contributed by atoms with E-state index in [0.717, 1.165) is 43.6 Å². The second kappa shape index (κ2) is 8.27. The number of piperazine rings is 1. The molecular weight excluding hydrogens is 352 g/mol. The van der Waals surface area contributed by atoms with E-state index in [1.54, 1.807) is 6.20 Å². The number of para-hydroxylation sites is 2. The monoisotopic (exact) mass is 376 g/mol. The lowest BCUT2D eigenvalue weighted by Crippen LogP contribution is -2.48. The standard InChI is InChI=1S/C22H24N4O2/c27-21(19-16-24-20-9-5-4-8-18(19)20)22(28)23-10-11-25-12-14-26(15-13-25)17-6-2-1-3-7-17/h1-9,16,24H,10-15H2,(H,23,28). The molecule has 1 amide bonds. The number of benzene rings is 2. The van der Waals surface area contributed by atoms with Crippen LogP contribution >= 0.6 is 0 Å². The summed E-state index contributed by atoms with van der Waals surface area (Å²) in [5.41, 5.74) is 2.53. The Bertz CT molecular complexity index is 959. The molecule has 2 N–H and O–H groups in total. The van der Waals surface area contributed by atoms with Crippen LogP contribution in [0.2, 0.25) is 0 Å². The Morgan fingerprint density at radius 1 is 0.929 bits per heavy atom. The van der Waals surface area contributed by atoms with Crippen LogP contribution in [0.25, 0.3) is 10.9 Å². The van der Waals surface area contributed by atoms with Gasteiger partial charge >= 0.3 is 0 Å². The Balaban J connectivity index is 1.24. The zero-order chi connectivity index (χ0) is 19.3. The van der Waals surface area contributed by atoms with Crippen molar-refractivity contribution in [3.8, 4) is 0 Å². The summed E-state index contributed by atoms with van der Waals surface area (Å²) in [5, 5.41) is 3.55. The Kier molecular flexibility index (Phi) is 5.39. The van der Waals surface area contributed by atoms with E-state index in [4.69, 9.17) is 0 Å². The van der Waals surface area contributed by atoms with E-state index in [1.807, 2.05) is 30.3 Å². The van der Waals surface area contributed by atoms with Crippen LogP contribution in [0.3, 0.4) is 0 Å². The molecule has 28 heavy (non-hydrogen) atoms. The average Bonchev–Trinajstić information content (AvgIpc) is 3.18. The third-order valence-electron chi connectivity index (χ3n) is 5.25. The lowest BCUT2D eigenvalue weighted by Gasteiger charge is -2.36. The second-order valence-electron chi connectivity index (χ2n) is 7.00. The van der Waals surface area contributed by atoms with Gasteiger partial charge in [0.25, 0.3) is 11.7 Å². The maximum absolute atomic E-state index is 12.4. The minimum absolute atomic E-state index is 0.421. The normalized spacial score (nSPS) is 14.9. The van der Waals surface area contributed by atoms with Crippen molar-refractivity contribution in [1.82, 2.24) is 15.2 Å². The van der Waals surface area contributed by atoms with Crippen molar-refractivity contribution in [2.45, 2.75) is 0 Å². The molecule has 6 heteroatoms. The topological polar surface area (TPSA) is 68.4 Å². The van der Waals surface area contributed by atoms with Gasteiger partial charge in [-0.2, -0.15) is 0 Å². The summed E-state index contributed by atoms with van der Waals surface area (Å²) in [7, 11) is 0. The molecular formula is C22H24N4O2. The Morgan fingerprint density at radius 2 is 1.64 bits per heavy atom. The number of fused-ring (bicyclic) bond motifs is 1. The average molecular weight is 376 g/mol. The van der Waals surface area contributed by atoms with Gasteiger partial charge in [-0.25, -0.2) is 0 Å². The molecule has 2 heterocycles. The van der Waals surface area contributed by atoms with Gasteiger partial charge in [0.15, 0.2) is 0 Å². The highest BCUT2D eigenvalue weighted by Gasteiger charge is 2.20. The molecule has 1 aliphatic rings. The molecule has 0 atom stereocenters. The van der Waals surface area contributed by atoms with Crippen molar-refractivity contribution in [1.29, 1.82) is 0 Å². The predicted octanol–water partition coefficient (Wildman–Crippen LogP) is 2.29. The first-order valence-corrected chi connectivity index (χ1v) is 9.63.